The van der Waals surface area contributed by atoms with E-state index in [1.807, 2.05) is 0 Å². The molecule has 0 radical (unpaired) electrons. The number of carboxylic acids is 1. The van der Waals surface area contributed by atoms with Crippen molar-refractivity contribution in [2.45, 2.75) is 25.7 Å². The Bertz CT molecular complexity index is 476. The van der Waals surface area contributed by atoms with Crippen LogP contribution in [0.2, 0.25) is 0 Å². The molecule has 20 heavy (non-hydrogen) atoms. The van der Waals surface area contributed by atoms with Crippen LogP contribution in [0.4, 0.5) is 11.4 Å². The monoisotopic (exact) mass is 282 g/mol. The maximum absolute atomic E-state index is 10.7. The molecule has 0 heterocycles. The van der Waals surface area contributed by atoms with Gasteiger partial charge in [-0.05, 0) is 18.9 Å². The van der Waals surface area contributed by atoms with Crippen LogP contribution in [-0.4, -0.2) is 29.7 Å². The molecule has 7 heteroatoms. The lowest BCUT2D eigenvalue weighted by molar-refractivity contribution is -0.385. The number of unbranched alkanes of at least 4 members (excludes halogenated alkanes) is 2. The minimum atomic E-state index is -0.780. The van der Waals surface area contributed by atoms with Crippen LogP contribution >= 0.6 is 0 Å². The Morgan fingerprint density at radius 3 is 2.75 bits per heavy atom. The molecule has 0 aromatic heterocycles. The Balaban J connectivity index is 2.41. The number of carbonyl (C=O) groups is 1. The van der Waals surface area contributed by atoms with Crippen LogP contribution < -0.4 is 10.1 Å². The maximum atomic E-state index is 10.7. The van der Waals surface area contributed by atoms with Crippen LogP contribution in [0.25, 0.3) is 0 Å². The van der Waals surface area contributed by atoms with Gasteiger partial charge in [-0.25, -0.2) is 0 Å². The van der Waals surface area contributed by atoms with E-state index in [-0.39, 0.29) is 17.9 Å². The summed E-state index contributed by atoms with van der Waals surface area (Å²) in [5, 5.41) is 22.4. The van der Waals surface area contributed by atoms with Gasteiger partial charge in [-0.2, -0.15) is 0 Å². The molecule has 0 amide bonds. The van der Waals surface area contributed by atoms with E-state index in [9.17, 15) is 14.9 Å². The van der Waals surface area contributed by atoms with Gasteiger partial charge in [-0.3, -0.25) is 14.9 Å². The highest BCUT2D eigenvalue weighted by Crippen LogP contribution is 2.29. The first-order valence-corrected chi connectivity index (χ1v) is 6.32. The van der Waals surface area contributed by atoms with Gasteiger partial charge in [0.05, 0.1) is 12.0 Å². The molecule has 0 atom stereocenters. The molecule has 2 N–H and O–H groups in total. The second kappa shape index (κ2) is 7.98. The van der Waals surface area contributed by atoms with Crippen molar-refractivity contribution < 1.29 is 19.6 Å². The summed E-state index contributed by atoms with van der Waals surface area (Å²) in [7, 11) is 1.39. The summed E-state index contributed by atoms with van der Waals surface area (Å²) in [6.45, 7) is 0.681. The van der Waals surface area contributed by atoms with E-state index in [2.05, 4.69) is 5.32 Å². The molecular formula is C13H18N2O5. The number of nitro benzene ring substituents is 1. The van der Waals surface area contributed by atoms with Crippen molar-refractivity contribution in [1.29, 1.82) is 0 Å². The second-order valence-corrected chi connectivity index (χ2v) is 4.27. The van der Waals surface area contributed by atoms with Crippen molar-refractivity contribution in [2.24, 2.45) is 0 Å². The highest BCUT2D eigenvalue weighted by Gasteiger charge is 2.14. The zero-order chi connectivity index (χ0) is 15.0. The lowest BCUT2D eigenvalue weighted by Gasteiger charge is -2.08. The number of hydrogen-bond acceptors (Lipinski definition) is 5. The number of anilines is 1. The quantitative estimate of drug-likeness (QED) is 0.410. The number of hydrogen-bond donors (Lipinski definition) is 2. The summed E-state index contributed by atoms with van der Waals surface area (Å²) < 4.78 is 4.97. The van der Waals surface area contributed by atoms with Crippen molar-refractivity contribution in [3.05, 3.63) is 28.3 Å². The molecule has 1 aromatic carbocycles. The van der Waals surface area contributed by atoms with Gasteiger partial charge in [0.15, 0.2) is 5.75 Å². The third kappa shape index (κ3) is 5.13. The number of carboxylic acid groups (broad SMARTS) is 1. The lowest BCUT2D eigenvalue weighted by atomic mass is 10.2. The topological polar surface area (TPSA) is 102 Å². The molecule has 0 aliphatic rings. The van der Waals surface area contributed by atoms with Gasteiger partial charge >= 0.3 is 11.7 Å². The molecule has 0 aliphatic heterocycles. The molecule has 7 nitrogen and oxygen atoms in total. The van der Waals surface area contributed by atoms with Crippen LogP contribution in [0.3, 0.4) is 0 Å². The van der Waals surface area contributed by atoms with Crippen molar-refractivity contribution in [3.8, 4) is 5.75 Å². The number of aliphatic carboxylic acids is 1. The molecule has 0 bridgehead atoms. The summed E-state index contributed by atoms with van der Waals surface area (Å²) in [5.74, 6) is -0.566. The van der Waals surface area contributed by atoms with Gasteiger partial charge in [0.2, 0.25) is 0 Å². The maximum Gasteiger partial charge on any atom is 0.311 e. The number of nitro groups is 1. The average molecular weight is 282 g/mol. The highest BCUT2D eigenvalue weighted by molar-refractivity contribution is 5.66. The second-order valence-electron chi connectivity index (χ2n) is 4.27. The molecule has 110 valence electrons. The van der Waals surface area contributed by atoms with Crippen molar-refractivity contribution >= 4 is 17.3 Å². The van der Waals surface area contributed by atoms with Gasteiger partial charge in [-0.1, -0.05) is 6.42 Å². The van der Waals surface area contributed by atoms with Gasteiger partial charge in [0.1, 0.15) is 0 Å². The molecule has 1 aromatic rings. The van der Waals surface area contributed by atoms with E-state index in [0.717, 1.165) is 18.5 Å². The Kier molecular flexibility index (Phi) is 6.28. The van der Waals surface area contributed by atoms with E-state index < -0.39 is 10.9 Å². The van der Waals surface area contributed by atoms with Crippen LogP contribution in [0.5, 0.6) is 5.75 Å². The predicted octanol–water partition coefficient (Wildman–Crippen LogP) is 2.66. The molecule has 0 aliphatic carbocycles. The fourth-order valence-corrected chi connectivity index (χ4v) is 1.75. The zero-order valence-electron chi connectivity index (χ0n) is 11.3. The first-order valence-electron chi connectivity index (χ1n) is 6.32. The first-order chi connectivity index (χ1) is 9.54. The minimum Gasteiger partial charge on any atom is -0.490 e. The molecular weight excluding hydrogens is 264 g/mol. The van der Waals surface area contributed by atoms with Crippen molar-refractivity contribution in [1.82, 2.24) is 0 Å². The lowest BCUT2D eigenvalue weighted by Crippen LogP contribution is -2.03. The third-order valence-corrected chi connectivity index (χ3v) is 2.77. The summed E-state index contributed by atoms with van der Waals surface area (Å²) in [5.41, 5.74) is 0.671. The van der Waals surface area contributed by atoms with Gasteiger partial charge < -0.3 is 15.2 Å². The summed E-state index contributed by atoms with van der Waals surface area (Å²) in [6, 6.07) is 4.60. The number of methoxy groups -OCH3 is 1. The van der Waals surface area contributed by atoms with Gasteiger partial charge in [-0.15, -0.1) is 0 Å². The smallest absolute Gasteiger partial charge is 0.311 e. The minimum absolute atomic E-state index is 0.0699. The number of ether oxygens (including phenoxy) is 1. The largest absolute Gasteiger partial charge is 0.490 e. The van der Waals surface area contributed by atoms with Crippen LogP contribution in [0.15, 0.2) is 18.2 Å². The van der Waals surface area contributed by atoms with E-state index in [1.54, 1.807) is 12.1 Å². The molecule has 0 saturated heterocycles. The zero-order valence-corrected chi connectivity index (χ0v) is 11.3. The summed E-state index contributed by atoms with van der Waals surface area (Å²) >= 11 is 0. The molecule has 0 saturated carbocycles. The normalized spacial score (nSPS) is 10.1. The third-order valence-electron chi connectivity index (χ3n) is 2.77. The van der Waals surface area contributed by atoms with E-state index in [0.29, 0.717) is 13.0 Å². The number of rotatable bonds is 9. The first kappa shape index (κ1) is 15.7. The predicted molar refractivity (Wildman–Crippen MR) is 74.2 cm³/mol. The van der Waals surface area contributed by atoms with Crippen LogP contribution in [0.1, 0.15) is 25.7 Å². The molecule has 0 spiro atoms. The Morgan fingerprint density at radius 1 is 1.40 bits per heavy atom. The Hall–Kier alpha value is -2.31. The van der Waals surface area contributed by atoms with Crippen molar-refractivity contribution in [3.63, 3.8) is 0 Å². The standard InChI is InChI=1S/C13H18N2O5/c1-20-12-9-10(6-7-11(12)15(18)19)14-8-4-2-3-5-13(16)17/h6-7,9,14H,2-5,8H2,1H3,(H,16,17). The van der Waals surface area contributed by atoms with E-state index in [1.165, 1.54) is 13.2 Å². The average Bonchev–Trinajstić information content (AvgIpc) is 2.41. The van der Waals surface area contributed by atoms with Gasteiger partial charge in [0.25, 0.3) is 0 Å². The van der Waals surface area contributed by atoms with E-state index >= 15 is 0 Å². The van der Waals surface area contributed by atoms with E-state index in [4.69, 9.17) is 9.84 Å². The summed E-state index contributed by atoms with van der Waals surface area (Å²) in [4.78, 5) is 20.6. The fraction of sp³-hybridized carbons (Fsp3) is 0.462. The fourth-order valence-electron chi connectivity index (χ4n) is 1.75. The number of nitrogens with one attached hydrogen (secondary N) is 1. The Morgan fingerprint density at radius 2 is 2.15 bits per heavy atom. The number of nitrogens with zero attached hydrogens (tertiary/aromatic N) is 1. The van der Waals surface area contributed by atoms with Crippen molar-refractivity contribution in [2.75, 3.05) is 19.0 Å². The summed E-state index contributed by atoms with van der Waals surface area (Å²) in [6.07, 6.45) is 2.50. The molecule has 0 unspecified atom stereocenters. The van der Waals surface area contributed by atoms with Gasteiger partial charge in [0, 0.05) is 30.8 Å². The van der Waals surface area contributed by atoms with Crippen LogP contribution in [-0.2, 0) is 4.79 Å². The number of benzene rings is 1. The van der Waals surface area contributed by atoms with Crippen LogP contribution in [0, 0.1) is 10.1 Å². The SMILES string of the molecule is COc1cc(NCCCCCC(=O)O)ccc1[N+](=O)[O-]. The molecule has 1 rings (SSSR count). The highest BCUT2D eigenvalue weighted by atomic mass is 16.6. The molecule has 0 fully saturated rings. The Labute approximate surface area is 116 Å².